The summed E-state index contributed by atoms with van der Waals surface area (Å²) >= 11 is 0. The van der Waals surface area contributed by atoms with Crippen LogP contribution in [-0.2, 0) is 11.3 Å². The third-order valence-electron chi connectivity index (χ3n) is 5.08. The summed E-state index contributed by atoms with van der Waals surface area (Å²) in [7, 11) is 0. The molecule has 0 radical (unpaired) electrons. The molecule has 2 heterocycles. The highest BCUT2D eigenvalue weighted by Gasteiger charge is 2.28. The molecule has 8 heteroatoms. The second-order valence-electron chi connectivity index (χ2n) is 7.13. The summed E-state index contributed by atoms with van der Waals surface area (Å²) in [5.41, 5.74) is 1.44. The molecular formula is C21H22FN3O4. The van der Waals surface area contributed by atoms with E-state index in [1.807, 2.05) is 18.2 Å². The minimum Gasteiger partial charge on any atom is -0.454 e. The Kier molecular flexibility index (Phi) is 5.50. The standard InChI is InChI=1S/C21H22FN3O4/c22-16-4-6-17(7-5-16)24-21(27)25-9-1-2-15(12-25)20(26)23-11-14-3-8-18-19(10-14)29-13-28-18/h3-8,10,15H,1-2,9,11-13H2,(H,23,26)(H,24,27)/t15-/m1/s1. The minimum atomic E-state index is -0.361. The first-order valence-corrected chi connectivity index (χ1v) is 9.56. The van der Waals surface area contributed by atoms with Crippen LogP contribution in [0.25, 0.3) is 0 Å². The SMILES string of the molecule is O=C(NCc1ccc2c(c1)OCO2)[C@@H]1CCCN(C(=O)Nc2ccc(F)cc2)C1. The van der Waals surface area contributed by atoms with Crippen LogP contribution in [0.15, 0.2) is 42.5 Å². The summed E-state index contributed by atoms with van der Waals surface area (Å²) in [6.45, 7) is 1.52. The number of amides is 3. The van der Waals surface area contributed by atoms with Gasteiger partial charge in [-0.25, -0.2) is 9.18 Å². The predicted molar refractivity (Wildman–Crippen MR) is 104 cm³/mol. The molecule has 1 atom stereocenters. The van der Waals surface area contributed by atoms with Crippen molar-refractivity contribution in [3.8, 4) is 11.5 Å². The van der Waals surface area contributed by atoms with Crippen LogP contribution in [0.3, 0.4) is 0 Å². The molecule has 0 spiro atoms. The van der Waals surface area contributed by atoms with Crippen molar-refractivity contribution in [3.05, 3.63) is 53.8 Å². The lowest BCUT2D eigenvalue weighted by Gasteiger charge is -2.32. The maximum Gasteiger partial charge on any atom is 0.321 e. The third kappa shape index (κ3) is 4.59. The van der Waals surface area contributed by atoms with E-state index < -0.39 is 0 Å². The number of nitrogens with one attached hydrogen (secondary N) is 2. The van der Waals surface area contributed by atoms with E-state index in [-0.39, 0.29) is 30.5 Å². The molecule has 29 heavy (non-hydrogen) atoms. The zero-order chi connectivity index (χ0) is 20.2. The Labute approximate surface area is 167 Å². The van der Waals surface area contributed by atoms with Crippen LogP contribution in [0.2, 0.25) is 0 Å². The number of likely N-dealkylation sites (tertiary alicyclic amines) is 1. The Bertz CT molecular complexity index is 903. The Morgan fingerprint density at radius 1 is 1.10 bits per heavy atom. The predicted octanol–water partition coefficient (Wildman–Crippen LogP) is 3.11. The molecule has 7 nitrogen and oxygen atoms in total. The van der Waals surface area contributed by atoms with Gasteiger partial charge in [-0.2, -0.15) is 0 Å². The molecule has 2 N–H and O–H groups in total. The van der Waals surface area contributed by atoms with Crippen molar-refractivity contribution in [2.75, 3.05) is 25.2 Å². The van der Waals surface area contributed by atoms with E-state index in [0.29, 0.717) is 36.8 Å². The van der Waals surface area contributed by atoms with Crippen molar-refractivity contribution >= 4 is 17.6 Å². The number of hydrogen-bond acceptors (Lipinski definition) is 4. The summed E-state index contributed by atoms with van der Waals surface area (Å²) in [6, 6.07) is 10.9. The second-order valence-corrected chi connectivity index (χ2v) is 7.13. The number of rotatable bonds is 4. The van der Waals surface area contributed by atoms with Gasteiger partial charge in [0.25, 0.3) is 0 Å². The maximum absolute atomic E-state index is 13.0. The highest BCUT2D eigenvalue weighted by atomic mass is 19.1. The van der Waals surface area contributed by atoms with Crippen LogP contribution in [0.5, 0.6) is 11.5 Å². The fraction of sp³-hybridized carbons (Fsp3) is 0.333. The van der Waals surface area contributed by atoms with Crippen LogP contribution in [0, 0.1) is 11.7 Å². The third-order valence-corrected chi connectivity index (χ3v) is 5.08. The van der Waals surface area contributed by atoms with E-state index in [1.165, 1.54) is 24.3 Å². The van der Waals surface area contributed by atoms with Crippen molar-refractivity contribution < 1.29 is 23.5 Å². The van der Waals surface area contributed by atoms with Gasteiger partial charge in [-0.1, -0.05) is 6.07 Å². The quantitative estimate of drug-likeness (QED) is 0.828. The zero-order valence-corrected chi connectivity index (χ0v) is 15.8. The van der Waals surface area contributed by atoms with Crippen LogP contribution in [0.4, 0.5) is 14.9 Å². The first-order chi connectivity index (χ1) is 14.1. The molecule has 0 unspecified atom stereocenters. The van der Waals surface area contributed by atoms with Gasteiger partial charge in [0, 0.05) is 25.3 Å². The highest BCUT2D eigenvalue weighted by molar-refractivity contribution is 5.90. The molecule has 2 aromatic rings. The van der Waals surface area contributed by atoms with E-state index >= 15 is 0 Å². The monoisotopic (exact) mass is 399 g/mol. The number of urea groups is 1. The lowest BCUT2D eigenvalue weighted by Crippen LogP contribution is -2.46. The smallest absolute Gasteiger partial charge is 0.321 e. The van der Waals surface area contributed by atoms with Gasteiger partial charge in [0.05, 0.1) is 5.92 Å². The van der Waals surface area contributed by atoms with Crippen molar-refractivity contribution in [1.29, 1.82) is 0 Å². The Balaban J connectivity index is 1.29. The van der Waals surface area contributed by atoms with Gasteiger partial charge >= 0.3 is 6.03 Å². The Morgan fingerprint density at radius 3 is 2.72 bits per heavy atom. The summed E-state index contributed by atoms with van der Waals surface area (Å²) in [5, 5.41) is 5.68. The van der Waals surface area contributed by atoms with E-state index in [1.54, 1.807) is 4.90 Å². The van der Waals surface area contributed by atoms with E-state index in [9.17, 15) is 14.0 Å². The normalized spacial score (nSPS) is 17.7. The van der Waals surface area contributed by atoms with Crippen LogP contribution < -0.4 is 20.1 Å². The molecule has 4 rings (SSSR count). The molecule has 2 aliphatic rings. The maximum atomic E-state index is 13.0. The summed E-state index contributed by atoms with van der Waals surface area (Å²) < 4.78 is 23.6. The lowest BCUT2D eigenvalue weighted by atomic mass is 9.97. The number of carbonyl (C=O) groups excluding carboxylic acids is 2. The highest BCUT2D eigenvalue weighted by Crippen LogP contribution is 2.32. The molecule has 0 bridgehead atoms. The van der Waals surface area contributed by atoms with Crippen molar-refractivity contribution in [2.24, 2.45) is 5.92 Å². The number of anilines is 1. The zero-order valence-electron chi connectivity index (χ0n) is 15.8. The average molecular weight is 399 g/mol. The van der Waals surface area contributed by atoms with E-state index in [0.717, 1.165) is 18.4 Å². The van der Waals surface area contributed by atoms with Gasteiger partial charge < -0.3 is 25.0 Å². The van der Waals surface area contributed by atoms with Gasteiger partial charge in [-0.3, -0.25) is 4.79 Å². The van der Waals surface area contributed by atoms with Gasteiger partial charge in [-0.15, -0.1) is 0 Å². The lowest BCUT2D eigenvalue weighted by molar-refractivity contribution is -0.126. The van der Waals surface area contributed by atoms with Crippen LogP contribution in [-0.4, -0.2) is 36.7 Å². The van der Waals surface area contributed by atoms with Gasteiger partial charge in [0.2, 0.25) is 12.7 Å². The topological polar surface area (TPSA) is 79.9 Å². The number of halogens is 1. The molecule has 152 valence electrons. The Hall–Kier alpha value is -3.29. The molecule has 0 saturated carbocycles. The largest absolute Gasteiger partial charge is 0.454 e. The first kappa shape index (κ1) is 19.0. The molecule has 3 amide bonds. The van der Waals surface area contributed by atoms with Gasteiger partial charge in [0.1, 0.15) is 5.82 Å². The number of nitrogens with zero attached hydrogens (tertiary/aromatic N) is 1. The fourth-order valence-electron chi connectivity index (χ4n) is 3.50. The van der Waals surface area contributed by atoms with Crippen LogP contribution >= 0.6 is 0 Å². The Morgan fingerprint density at radius 2 is 1.90 bits per heavy atom. The summed E-state index contributed by atoms with van der Waals surface area (Å²) in [4.78, 5) is 26.7. The molecule has 0 aromatic heterocycles. The molecule has 2 aromatic carbocycles. The van der Waals surface area contributed by atoms with Crippen molar-refractivity contribution in [2.45, 2.75) is 19.4 Å². The summed E-state index contributed by atoms with van der Waals surface area (Å²) in [6.07, 6.45) is 1.48. The van der Waals surface area contributed by atoms with Crippen molar-refractivity contribution in [3.63, 3.8) is 0 Å². The van der Waals surface area contributed by atoms with E-state index in [4.69, 9.17) is 9.47 Å². The van der Waals surface area contributed by atoms with Gasteiger partial charge in [-0.05, 0) is 54.8 Å². The first-order valence-electron chi connectivity index (χ1n) is 9.56. The molecule has 1 saturated heterocycles. The average Bonchev–Trinajstić information content (AvgIpc) is 3.21. The fourth-order valence-corrected chi connectivity index (χ4v) is 3.50. The summed E-state index contributed by atoms with van der Waals surface area (Å²) in [5.74, 6) is 0.673. The molecular weight excluding hydrogens is 377 g/mol. The number of benzene rings is 2. The van der Waals surface area contributed by atoms with E-state index in [2.05, 4.69) is 10.6 Å². The molecule has 1 fully saturated rings. The van der Waals surface area contributed by atoms with Crippen molar-refractivity contribution in [1.82, 2.24) is 10.2 Å². The number of carbonyl (C=O) groups is 2. The second kappa shape index (κ2) is 8.38. The molecule has 0 aliphatic carbocycles. The number of fused-ring (bicyclic) bond motifs is 1. The minimum absolute atomic E-state index is 0.0815. The number of hydrogen-bond donors (Lipinski definition) is 2. The number of piperidine rings is 1. The number of ether oxygens (including phenoxy) is 2. The van der Waals surface area contributed by atoms with Crippen LogP contribution in [0.1, 0.15) is 18.4 Å². The van der Waals surface area contributed by atoms with Gasteiger partial charge in [0.15, 0.2) is 11.5 Å². The molecule has 2 aliphatic heterocycles.